The molecule has 2 N–H and O–H groups in total. The van der Waals surface area contributed by atoms with E-state index in [1.165, 1.54) is 23.5 Å². The molecular formula is C17H24N2O4S. The van der Waals surface area contributed by atoms with E-state index in [9.17, 15) is 18.3 Å². The Labute approximate surface area is 142 Å². The lowest BCUT2D eigenvalue weighted by Crippen LogP contribution is -2.49. The van der Waals surface area contributed by atoms with Gasteiger partial charge in [0.15, 0.2) is 0 Å². The lowest BCUT2D eigenvalue weighted by molar-refractivity contribution is 0.0127. The second-order valence-corrected chi connectivity index (χ2v) is 8.76. The first-order valence-corrected chi connectivity index (χ1v) is 9.83. The van der Waals surface area contributed by atoms with E-state index in [0.717, 1.165) is 32.1 Å². The number of piperidine rings is 1. The number of rotatable bonds is 3. The summed E-state index contributed by atoms with van der Waals surface area (Å²) in [6.07, 6.45) is 3.77. The summed E-state index contributed by atoms with van der Waals surface area (Å²) in [5.74, 6) is -0.312. The first kappa shape index (κ1) is 17.4. The van der Waals surface area contributed by atoms with E-state index < -0.39 is 16.1 Å². The zero-order valence-electron chi connectivity index (χ0n) is 13.9. The Kier molecular flexibility index (Phi) is 4.68. The average Bonchev–Trinajstić information content (AvgIpc) is 2.94. The Hall–Kier alpha value is -1.44. The van der Waals surface area contributed by atoms with Gasteiger partial charge < -0.3 is 10.4 Å². The van der Waals surface area contributed by atoms with E-state index in [-0.39, 0.29) is 16.2 Å². The van der Waals surface area contributed by atoms with Gasteiger partial charge in [0.2, 0.25) is 10.0 Å². The molecule has 1 aliphatic carbocycles. The topological polar surface area (TPSA) is 86.7 Å². The van der Waals surface area contributed by atoms with Gasteiger partial charge >= 0.3 is 0 Å². The van der Waals surface area contributed by atoms with Crippen LogP contribution in [-0.2, 0) is 10.0 Å². The Morgan fingerprint density at radius 2 is 2.08 bits per heavy atom. The predicted octanol–water partition coefficient (Wildman–Crippen LogP) is 1.36. The minimum atomic E-state index is -3.67. The molecule has 1 saturated carbocycles. The molecule has 132 valence electrons. The largest absolute Gasteiger partial charge is 0.392 e. The summed E-state index contributed by atoms with van der Waals surface area (Å²) >= 11 is 0. The SMILES string of the molecule is CNC(=O)c1cccc(S(=O)(=O)N2CCC[C@]3(CCC[C@H]3O)C2)c1. The predicted molar refractivity (Wildman–Crippen MR) is 90.1 cm³/mol. The highest BCUT2D eigenvalue weighted by Gasteiger charge is 2.47. The van der Waals surface area contributed by atoms with Crippen LogP contribution in [0, 0.1) is 5.41 Å². The second-order valence-electron chi connectivity index (χ2n) is 6.82. The minimum Gasteiger partial charge on any atom is -0.392 e. The Morgan fingerprint density at radius 3 is 2.75 bits per heavy atom. The van der Waals surface area contributed by atoms with Gasteiger partial charge in [0.25, 0.3) is 5.91 Å². The van der Waals surface area contributed by atoms with Crippen molar-refractivity contribution in [3.05, 3.63) is 29.8 Å². The molecule has 1 aromatic rings. The third-order valence-corrected chi connectivity index (χ3v) is 7.23. The van der Waals surface area contributed by atoms with Crippen LogP contribution in [0.1, 0.15) is 42.5 Å². The molecule has 1 saturated heterocycles. The molecule has 0 radical (unpaired) electrons. The lowest BCUT2D eigenvalue weighted by Gasteiger charge is -2.41. The molecule has 2 aliphatic rings. The maximum Gasteiger partial charge on any atom is 0.251 e. The molecule has 3 rings (SSSR count). The monoisotopic (exact) mass is 352 g/mol. The molecule has 2 atom stereocenters. The third-order valence-electron chi connectivity index (χ3n) is 5.39. The molecule has 1 aromatic carbocycles. The van der Waals surface area contributed by atoms with Gasteiger partial charge in [0.1, 0.15) is 0 Å². The van der Waals surface area contributed by atoms with Gasteiger partial charge in [0.05, 0.1) is 11.0 Å². The molecule has 0 unspecified atom stereocenters. The number of aliphatic hydroxyl groups excluding tert-OH is 1. The summed E-state index contributed by atoms with van der Waals surface area (Å²) in [4.78, 5) is 11.9. The minimum absolute atomic E-state index is 0.133. The van der Waals surface area contributed by atoms with Crippen molar-refractivity contribution in [1.29, 1.82) is 0 Å². The molecule has 1 spiro atoms. The fourth-order valence-electron chi connectivity index (χ4n) is 4.01. The van der Waals surface area contributed by atoms with Crippen molar-refractivity contribution in [3.63, 3.8) is 0 Å². The number of hydrogen-bond donors (Lipinski definition) is 2. The summed E-state index contributed by atoms with van der Waals surface area (Å²) < 4.78 is 27.5. The van der Waals surface area contributed by atoms with Crippen LogP contribution in [0.3, 0.4) is 0 Å². The quantitative estimate of drug-likeness (QED) is 0.860. The van der Waals surface area contributed by atoms with Crippen molar-refractivity contribution in [2.75, 3.05) is 20.1 Å². The van der Waals surface area contributed by atoms with Gasteiger partial charge in [0, 0.05) is 31.1 Å². The van der Waals surface area contributed by atoms with Crippen LogP contribution < -0.4 is 5.32 Å². The van der Waals surface area contributed by atoms with Crippen molar-refractivity contribution < 1.29 is 18.3 Å². The van der Waals surface area contributed by atoms with Gasteiger partial charge in [-0.15, -0.1) is 0 Å². The fourth-order valence-corrected chi connectivity index (χ4v) is 5.63. The zero-order chi connectivity index (χ0) is 17.4. The standard InChI is InChI=1S/C17H24N2O4S/c1-18-16(21)13-5-2-6-14(11-13)24(22,23)19-10-4-9-17(12-19)8-3-7-15(17)20/h2,5-6,11,15,20H,3-4,7-10,12H2,1H3,(H,18,21)/t15-,17-/m1/s1. The smallest absolute Gasteiger partial charge is 0.251 e. The third kappa shape index (κ3) is 2.96. The van der Waals surface area contributed by atoms with Crippen molar-refractivity contribution in [2.24, 2.45) is 5.41 Å². The molecule has 1 amide bonds. The highest BCUT2D eigenvalue weighted by molar-refractivity contribution is 7.89. The van der Waals surface area contributed by atoms with Crippen molar-refractivity contribution >= 4 is 15.9 Å². The summed E-state index contributed by atoms with van der Waals surface area (Å²) in [5, 5.41) is 12.8. The zero-order valence-corrected chi connectivity index (χ0v) is 14.7. The molecular weight excluding hydrogens is 328 g/mol. The molecule has 7 heteroatoms. The number of carbonyl (C=O) groups excluding carboxylic acids is 1. The Morgan fingerprint density at radius 1 is 1.33 bits per heavy atom. The second kappa shape index (κ2) is 6.46. The van der Waals surface area contributed by atoms with Crippen LogP contribution in [0.4, 0.5) is 0 Å². The van der Waals surface area contributed by atoms with Crippen LogP contribution in [-0.4, -0.2) is 50.0 Å². The number of hydrogen-bond acceptors (Lipinski definition) is 4. The van der Waals surface area contributed by atoms with Crippen LogP contribution in [0.2, 0.25) is 0 Å². The number of amides is 1. The van der Waals surface area contributed by atoms with Gasteiger partial charge in [-0.2, -0.15) is 4.31 Å². The van der Waals surface area contributed by atoms with E-state index in [4.69, 9.17) is 0 Å². The van der Waals surface area contributed by atoms with Crippen LogP contribution in [0.15, 0.2) is 29.2 Å². The number of sulfonamides is 1. The first-order valence-electron chi connectivity index (χ1n) is 8.39. The van der Waals surface area contributed by atoms with Gasteiger partial charge in [-0.25, -0.2) is 8.42 Å². The molecule has 2 fully saturated rings. The summed E-state index contributed by atoms with van der Waals surface area (Å²) in [6.45, 7) is 0.821. The van der Waals surface area contributed by atoms with Gasteiger partial charge in [-0.3, -0.25) is 4.79 Å². The van der Waals surface area contributed by atoms with E-state index in [1.807, 2.05) is 0 Å². The number of carbonyl (C=O) groups is 1. The molecule has 0 aromatic heterocycles. The van der Waals surface area contributed by atoms with Gasteiger partial charge in [-0.1, -0.05) is 12.5 Å². The average molecular weight is 352 g/mol. The number of nitrogens with one attached hydrogen (secondary N) is 1. The van der Waals surface area contributed by atoms with E-state index >= 15 is 0 Å². The first-order chi connectivity index (χ1) is 11.4. The number of aliphatic hydroxyl groups is 1. The van der Waals surface area contributed by atoms with Crippen LogP contribution in [0.5, 0.6) is 0 Å². The Bertz CT molecular complexity index is 734. The number of benzene rings is 1. The van der Waals surface area contributed by atoms with E-state index in [1.54, 1.807) is 12.1 Å². The summed E-state index contributed by atoms with van der Waals surface area (Å²) in [5.41, 5.74) is 0.0233. The van der Waals surface area contributed by atoms with E-state index in [2.05, 4.69) is 5.32 Å². The van der Waals surface area contributed by atoms with Gasteiger partial charge in [-0.05, 0) is 43.9 Å². The normalized spacial score (nSPS) is 28.2. The molecule has 1 heterocycles. The molecule has 0 bridgehead atoms. The molecule has 24 heavy (non-hydrogen) atoms. The maximum absolute atomic E-state index is 13.0. The molecule has 1 aliphatic heterocycles. The Balaban J connectivity index is 1.89. The van der Waals surface area contributed by atoms with Crippen LogP contribution in [0.25, 0.3) is 0 Å². The highest BCUT2D eigenvalue weighted by atomic mass is 32.2. The van der Waals surface area contributed by atoms with Crippen molar-refractivity contribution in [1.82, 2.24) is 9.62 Å². The van der Waals surface area contributed by atoms with E-state index in [0.29, 0.717) is 18.7 Å². The lowest BCUT2D eigenvalue weighted by atomic mass is 9.77. The number of nitrogens with zero attached hydrogens (tertiary/aromatic N) is 1. The van der Waals surface area contributed by atoms with Crippen molar-refractivity contribution in [3.8, 4) is 0 Å². The van der Waals surface area contributed by atoms with Crippen molar-refractivity contribution in [2.45, 2.75) is 43.1 Å². The van der Waals surface area contributed by atoms with Crippen LogP contribution >= 0.6 is 0 Å². The fraction of sp³-hybridized carbons (Fsp3) is 0.588. The highest BCUT2D eigenvalue weighted by Crippen LogP contribution is 2.45. The summed E-state index contributed by atoms with van der Waals surface area (Å²) in [7, 11) is -2.16. The molecule has 6 nitrogen and oxygen atoms in total. The maximum atomic E-state index is 13.0. The summed E-state index contributed by atoms with van der Waals surface area (Å²) in [6, 6.07) is 6.12.